The Balaban J connectivity index is 0.000000201. The molecule has 0 aliphatic rings. The van der Waals surface area contributed by atoms with Gasteiger partial charge in [-0.3, -0.25) is 9.59 Å². The van der Waals surface area contributed by atoms with E-state index in [1.165, 1.54) is 0 Å². The molecule has 4 aromatic rings. The lowest BCUT2D eigenvalue weighted by atomic mass is 10.1. The van der Waals surface area contributed by atoms with Crippen molar-refractivity contribution in [2.75, 3.05) is 0 Å². The van der Waals surface area contributed by atoms with Crippen molar-refractivity contribution in [2.24, 2.45) is 10.2 Å². The summed E-state index contributed by atoms with van der Waals surface area (Å²) in [5.41, 5.74) is 9.83. The predicted molar refractivity (Wildman–Crippen MR) is 145 cm³/mol. The molecular weight excluding hydrogens is 448 g/mol. The van der Waals surface area contributed by atoms with Crippen molar-refractivity contribution in [3.63, 3.8) is 0 Å². The number of hydrogen-bond donors (Lipinski definition) is 2. The second-order valence-corrected chi connectivity index (χ2v) is 7.74. The SMILES string of the molecule is C/C(=N\NC(=O)c1ccccc1)c1ccccc1.C/C(=N\NC(=O)c1ccccc1)c1ccccc1. The highest BCUT2D eigenvalue weighted by Gasteiger charge is 2.04. The van der Waals surface area contributed by atoms with E-state index in [4.69, 9.17) is 0 Å². The molecule has 4 aromatic carbocycles. The minimum atomic E-state index is -0.203. The molecule has 0 saturated heterocycles. The van der Waals surface area contributed by atoms with Crippen molar-refractivity contribution in [1.82, 2.24) is 10.9 Å². The summed E-state index contributed by atoms with van der Waals surface area (Å²) in [6.45, 7) is 3.72. The molecule has 0 unspecified atom stereocenters. The molecule has 6 nitrogen and oxygen atoms in total. The summed E-state index contributed by atoms with van der Waals surface area (Å²) in [5.74, 6) is -0.406. The van der Waals surface area contributed by atoms with Crippen LogP contribution in [0.3, 0.4) is 0 Å². The third kappa shape index (κ3) is 8.18. The first-order valence-electron chi connectivity index (χ1n) is 11.4. The molecule has 4 rings (SSSR count). The minimum absolute atomic E-state index is 0.203. The van der Waals surface area contributed by atoms with E-state index in [1.54, 1.807) is 24.3 Å². The average molecular weight is 477 g/mol. The fraction of sp³-hybridized carbons (Fsp3) is 0.0667. The molecular formula is C30H28N4O2. The summed E-state index contributed by atoms with van der Waals surface area (Å²) in [5, 5.41) is 8.18. The third-order valence-electron chi connectivity index (χ3n) is 5.11. The van der Waals surface area contributed by atoms with Gasteiger partial charge in [0.05, 0.1) is 11.4 Å². The maximum atomic E-state index is 11.8. The van der Waals surface area contributed by atoms with Gasteiger partial charge in [0.1, 0.15) is 0 Å². The van der Waals surface area contributed by atoms with Crippen LogP contribution in [0, 0.1) is 0 Å². The Morgan fingerprint density at radius 2 is 0.694 bits per heavy atom. The maximum absolute atomic E-state index is 11.8. The zero-order chi connectivity index (χ0) is 25.6. The minimum Gasteiger partial charge on any atom is -0.267 e. The Kier molecular flexibility index (Phi) is 9.86. The Morgan fingerprint density at radius 3 is 0.972 bits per heavy atom. The molecule has 0 fully saturated rings. The van der Waals surface area contributed by atoms with Crippen molar-refractivity contribution in [3.05, 3.63) is 144 Å². The predicted octanol–water partition coefficient (Wildman–Crippen LogP) is 5.68. The smallest absolute Gasteiger partial charge is 0.267 e. The van der Waals surface area contributed by atoms with Crippen molar-refractivity contribution in [2.45, 2.75) is 13.8 Å². The molecule has 2 N–H and O–H groups in total. The summed E-state index contributed by atoms with van der Waals surface area (Å²) in [6, 6.07) is 37.5. The molecule has 0 aliphatic heterocycles. The van der Waals surface area contributed by atoms with Crippen molar-refractivity contribution in [1.29, 1.82) is 0 Å². The number of nitrogens with zero attached hydrogens (tertiary/aromatic N) is 2. The van der Waals surface area contributed by atoms with Crippen LogP contribution in [0.4, 0.5) is 0 Å². The van der Waals surface area contributed by atoms with E-state index in [2.05, 4.69) is 21.1 Å². The molecule has 0 radical (unpaired) electrons. The van der Waals surface area contributed by atoms with Gasteiger partial charge in [0.15, 0.2) is 0 Å². The fourth-order valence-electron chi connectivity index (χ4n) is 3.07. The van der Waals surface area contributed by atoms with Gasteiger partial charge < -0.3 is 0 Å². The van der Waals surface area contributed by atoms with E-state index in [0.717, 1.165) is 22.6 Å². The van der Waals surface area contributed by atoms with E-state index >= 15 is 0 Å². The van der Waals surface area contributed by atoms with Crippen LogP contribution in [0.2, 0.25) is 0 Å². The third-order valence-corrected chi connectivity index (χ3v) is 5.11. The zero-order valence-corrected chi connectivity index (χ0v) is 20.3. The van der Waals surface area contributed by atoms with Crippen LogP contribution in [0.15, 0.2) is 132 Å². The van der Waals surface area contributed by atoms with E-state index in [9.17, 15) is 9.59 Å². The van der Waals surface area contributed by atoms with Crippen molar-refractivity contribution < 1.29 is 9.59 Å². The van der Waals surface area contributed by atoms with Crippen LogP contribution in [0.1, 0.15) is 45.7 Å². The highest BCUT2D eigenvalue weighted by Crippen LogP contribution is 2.03. The van der Waals surface area contributed by atoms with E-state index in [1.807, 2.05) is 111 Å². The highest BCUT2D eigenvalue weighted by molar-refractivity contribution is 6.01. The van der Waals surface area contributed by atoms with Crippen LogP contribution in [-0.2, 0) is 0 Å². The van der Waals surface area contributed by atoms with E-state index in [-0.39, 0.29) is 11.8 Å². The molecule has 0 saturated carbocycles. The molecule has 0 spiro atoms. The monoisotopic (exact) mass is 476 g/mol. The van der Waals surface area contributed by atoms with Crippen molar-refractivity contribution >= 4 is 23.2 Å². The van der Waals surface area contributed by atoms with Gasteiger partial charge in [0.25, 0.3) is 11.8 Å². The topological polar surface area (TPSA) is 82.9 Å². The molecule has 0 aliphatic carbocycles. The largest absolute Gasteiger partial charge is 0.271 e. The maximum Gasteiger partial charge on any atom is 0.271 e. The van der Waals surface area contributed by atoms with Crippen LogP contribution < -0.4 is 10.9 Å². The van der Waals surface area contributed by atoms with Gasteiger partial charge in [-0.15, -0.1) is 0 Å². The lowest BCUT2D eigenvalue weighted by Crippen LogP contribution is -2.19. The number of carbonyl (C=O) groups excluding carboxylic acids is 2. The highest BCUT2D eigenvalue weighted by atomic mass is 16.2. The molecule has 0 bridgehead atoms. The molecule has 0 heterocycles. The van der Waals surface area contributed by atoms with Gasteiger partial charge in [0.2, 0.25) is 0 Å². The molecule has 36 heavy (non-hydrogen) atoms. The molecule has 6 heteroatoms. The number of amides is 2. The number of hydrogen-bond acceptors (Lipinski definition) is 4. The quantitative estimate of drug-likeness (QED) is 0.277. The summed E-state index contributed by atoms with van der Waals surface area (Å²) in [6.07, 6.45) is 0. The van der Waals surface area contributed by atoms with Crippen molar-refractivity contribution in [3.8, 4) is 0 Å². The molecule has 180 valence electrons. The van der Waals surface area contributed by atoms with Gasteiger partial charge >= 0.3 is 0 Å². The Hall–Kier alpha value is -4.84. The number of hydrazone groups is 2. The van der Waals surface area contributed by atoms with Crippen LogP contribution in [0.5, 0.6) is 0 Å². The Bertz CT molecular complexity index is 1200. The first-order valence-corrected chi connectivity index (χ1v) is 11.4. The first-order chi connectivity index (χ1) is 17.5. The Labute approximate surface area is 211 Å². The van der Waals surface area contributed by atoms with E-state index in [0.29, 0.717) is 11.1 Å². The molecule has 2 amide bonds. The number of benzene rings is 4. The second kappa shape index (κ2) is 13.8. The lowest BCUT2D eigenvalue weighted by molar-refractivity contribution is 0.0947. The van der Waals surface area contributed by atoms with Crippen LogP contribution in [-0.4, -0.2) is 23.2 Å². The standard InChI is InChI=1S/2C15H14N2O/c2*1-12(13-8-4-2-5-9-13)16-17-15(18)14-10-6-3-7-11-14/h2*2-11H,1H3,(H,17,18)/b2*16-12+. The second-order valence-electron chi connectivity index (χ2n) is 7.74. The summed E-state index contributed by atoms with van der Waals surface area (Å²) in [7, 11) is 0. The van der Waals surface area contributed by atoms with Gasteiger partial charge in [-0.1, -0.05) is 97.1 Å². The lowest BCUT2D eigenvalue weighted by Gasteiger charge is -2.02. The fourth-order valence-corrected chi connectivity index (χ4v) is 3.07. The number of rotatable bonds is 6. The van der Waals surface area contributed by atoms with E-state index < -0.39 is 0 Å². The Morgan fingerprint density at radius 1 is 0.444 bits per heavy atom. The zero-order valence-electron chi connectivity index (χ0n) is 20.3. The first kappa shape index (κ1) is 25.8. The average Bonchev–Trinajstić information content (AvgIpc) is 2.96. The van der Waals surface area contributed by atoms with Crippen LogP contribution >= 0.6 is 0 Å². The van der Waals surface area contributed by atoms with Gasteiger partial charge in [-0.2, -0.15) is 10.2 Å². The summed E-state index contributed by atoms with van der Waals surface area (Å²) >= 11 is 0. The van der Waals surface area contributed by atoms with Gasteiger partial charge in [-0.05, 0) is 49.2 Å². The molecule has 0 atom stereocenters. The number of carbonyl (C=O) groups is 2. The number of nitrogens with one attached hydrogen (secondary N) is 2. The normalized spacial score (nSPS) is 11.1. The molecule has 0 aromatic heterocycles. The van der Waals surface area contributed by atoms with Gasteiger partial charge in [-0.25, -0.2) is 10.9 Å². The summed E-state index contributed by atoms with van der Waals surface area (Å²) in [4.78, 5) is 23.5. The van der Waals surface area contributed by atoms with Crippen LogP contribution in [0.25, 0.3) is 0 Å². The summed E-state index contributed by atoms with van der Waals surface area (Å²) < 4.78 is 0. The van der Waals surface area contributed by atoms with Gasteiger partial charge in [0, 0.05) is 11.1 Å².